The van der Waals surface area contributed by atoms with Gasteiger partial charge in [0.1, 0.15) is 0 Å². The van der Waals surface area contributed by atoms with Crippen molar-refractivity contribution in [1.29, 1.82) is 0 Å². The molecule has 0 aliphatic rings. The van der Waals surface area contributed by atoms with Crippen molar-refractivity contribution < 1.29 is 0 Å². The Hall–Kier alpha value is -0.730. The summed E-state index contributed by atoms with van der Waals surface area (Å²) in [6, 6.07) is 3.92. The van der Waals surface area contributed by atoms with Gasteiger partial charge in [-0.3, -0.25) is 0 Å². The lowest BCUT2D eigenvalue weighted by Crippen LogP contribution is -2.10. The lowest BCUT2D eigenvalue weighted by atomic mass is 10.2. The molecule has 3 heteroatoms. The van der Waals surface area contributed by atoms with Crippen molar-refractivity contribution in [3.8, 4) is 0 Å². The van der Waals surface area contributed by atoms with Gasteiger partial charge in [0.2, 0.25) is 0 Å². The highest BCUT2D eigenvalue weighted by Crippen LogP contribution is 2.09. The quantitative estimate of drug-likeness (QED) is 0.676. The van der Waals surface area contributed by atoms with Gasteiger partial charge < -0.3 is 10.3 Å². The zero-order chi connectivity index (χ0) is 7.56. The van der Waals surface area contributed by atoms with Gasteiger partial charge in [0.25, 0.3) is 0 Å². The maximum Gasteiger partial charge on any atom is 0.0633 e. The molecule has 0 radical (unpaired) electrons. The Kier molecular flexibility index (Phi) is 3.93. The van der Waals surface area contributed by atoms with E-state index in [0.29, 0.717) is 0 Å². The topological polar surface area (TPSA) is 30.9 Å². The summed E-state index contributed by atoms with van der Waals surface area (Å²) in [5, 5.41) is 0. The average molecular weight is 173 g/mol. The number of halogens is 1. The number of aromatic nitrogens is 1. The molecule has 2 N–H and O–H groups in total. The first-order valence-corrected chi connectivity index (χ1v) is 3.25. The minimum Gasteiger partial charge on any atom is -0.353 e. The zero-order valence-electron chi connectivity index (χ0n) is 6.53. The molecule has 1 aromatic heterocycles. The van der Waals surface area contributed by atoms with E-state index in [9.17, 15) is 0 Å². The molecule has 2 nitrogen and oxygen atoms in total. The molecule has 0 fully saturated rings. The first-order chi connectivity index (χ1) is 4.75. The second kappa shape index (κ2) is 4.21. The summed E-state index contributed by atoms with van der Waals surface area (Å²) in [7, 11) is 1.97. The van der Waals surface area contributed by atoms with E-state index in [1.54, 1.807) is 6.08 Å². The third-order valence-electron chi connectivity index (χ3n) is 1.58. The minimum atomic E-state index is -0.0417. The van der Waals surface area contributed by atoms with Crippen LogP contribution in [0.5, 0.6) is 0 Å². The van der Waals surface area contributed by atoms with Crippen LogP contribution < -0.4 is 5.73 Å². The van der Waals surface area contributed by atoms with Crippen LogP contribution in [0.1, 0.15) is 11.7 Å². The predicted molar refractivity (Wildman–Crippen MR) is 49.8 cm³/mol. The highest BCUT2D eigenvalue weighted by molar-refractivity contribution is 5.85. The molecule has 1 aromatic rings. The molecule has 1 rings (SSSR count). The van der Waals surface area contributed by atoms with Gasteiger partial charge in [-0.05, 0) is 12.1 Å². The summed E-state index contributed by atoms with van der Waals surface area (Å²) in [5.74, 6) is 0. The Bertz CT molecular complexity index is 230. The van der Waals surface area contributed by atoms with E-state index in [-0.39, 0.29) is 18.4 Å². The second-order valence-corrected chi connectivity index (χ2v) is 2.31. The van der Waals surface area contributed by atoms with Gasteiger partial charge in [-0.1, -0.05) is 6.08 Å². The van der Waals surface area contributed by atoms with Gasteiger partial charge in [0.15, 0.2) is 0 Å². The molecule has 1 heterocycles. The van der Waals surface area contributed by atoms with Gasteiger partial charge in [-0.15, -0.1) is 19.0 Å². The molecular weight excluding hydrogens is 160 g/mol. The molecule has 0 aliphatic heterocycles. The molecule has 11 heavy (non-hydrogen) atoms. The van der Waals surface area contributed by atoms with E-state index in [2.05, 4.69) is 6.58 Å². The fourth-order valence-electron chi connectivity index (χ4n) is 0.941. The first kappa shape index (κ1) is 10.3. The first-order valence-electron chi connectivity index (χ1n) is 3.25. The Morgan fingerprint density at radius 3 is 2.73 bits per heavy atom. The molecule has 0 amide bonds. The summed E-state index contributed by atoms with van der Waals surface area (Å²) in [4.78, 5) is 0. The third kappa shape index (κ3) is 2.10. The minimum absolute atomic E-state index is 0. The van der Waals surface area contributed by atoms with Crippen molar-refractivity contribution in [3.05, 3.63) is 36.7 Å². The normalized spacial score (nSPS) is 11.8. The lowest BCUT2D eigenvalue weighted by molar-refractivity contribution is 0.766. The standard InChI is InChI=1S/C8H12N2.ClH/c1-3-7(9)8-5-4-6-10(8)2;/h3-7H,1,9H2,2H3;1H/t7-;/m1./s1. The summed E-state index contributed by atoms with van der Waals surface area (Å²) >= 11 is 0. The number of rotatable bonds is 2. The second-order valence-electron chi connectivity index (χ2n) is 2.31. The predicted octanol–water partition coefficient (Wildman–Crippen LogP) is 1.63. The molecule has 0 aliphatic carbocycles. The molecule has 0 bridgehead atoms. The summed E-state index contributed by atoms with van der Waals surface area (Å²) < 4.78 is 1.99. The van der Waals surface area contributed by atoms with Crippen LogP contribution in [0.25, 0.3) is 0 Å². The van der Waals surface area contributed by atoms with Gasteiger partial charge >= 0.3 is 0 Å². The molecule has 0 saturated carbocycles. The number of hydrogen-bond acceptors (Lipinski definition) is 1. The molecule has 0 aromatic carbocycles. The van der Waals surface area contributed by atoms with Crippen molar-refractivity contribution in [2.24, 2.45) is 12.8 Å². The molecule has 0 spiro atoms. The summed E-state index contributed by atoms with van der Waals surface area (Å²) in [6.45, 7) is 3.62. The van der Waals surface area contributed by atoms with Crippen LogP contribution in [-0.2, 0) is 7.05 Å². The number of aryl methyl sites for hydroxylation is 1. The maximum absolute atomic E-state index is 5.70. The van der Waals surface area contributed by atoms with E-state index >= 15 is 0 Å². The fraction of sp³-hybridized carbons (Fsp3) is 0.250. The van der Waals surface area contributed by atoms with Crippen LogP contribution in [0.3, 0.4) is 0 Å². The number of nitrogens with zero attached hydrogens (tertiary/aromatic N) is 1. The van der Waals surface area contributed by atoms with Crippen molar-refractivity contribution in [1.82, 2.24) is 4.57 Å². The third-order valence-corrected chi connectivity index (χ3v) is 1.58. The fourth-order valence-corrected chi connectivity index (χ4v) is 0.941. The van der Waals surface area contributed by atoms with Crippen LogP contribution in [0, 0.1) is 0 Å². The van der Waals surface area contributed by atoms with Crippen molar-refractivity contribution in [2.45, 2.75) is 6.04 Å². The Morgan fingerprint density at radius 2 is 2.36 bits per heavy atom. The summed E-state index contributed by atoms with van der Waals surface area (Å²) in [5.41, 5.74) is 6.79. The SMILES string of the molecule is C=C[C@@H](N)c1cccn1C.Cl. The van der Waals surface area contributed by atoms with Crippen molar-refractivity contribution in [3.63, 3.8) is 0 Å². The van der Waals surface area contributed by atoms with E-state index < -0.39 is 0 Å². The smallest absolute Gasteiger partial charge is 0.0633 e. The summed E-state index contributed by atoms with van der Waals surface area (Å²) in [6.07, 6.45) is 3.70. The molecule has 1 atom stereocenters. The Morgan fingerprint density at radius 1 is 1.73 bits per heavy atom. The Labute approximate surface area is 73.1 Å². The van der Waals surface area contributed by atoms with Crippen LogP contribution in [-0.4, -0.2) is 4.57 Å². The molecule has 62 valence electrons. The lowest BCUT2D eigenvalue weighted by Gasteiger charge is -2.06. The number of hydrogen-bond donors (Lipinski definition) is 1. The van der Waals surface area contributed by atoms with Gasteiger partial charge in [-0.2, -0.15) is 0 Å². The van der Waals surface area contributed by atoms with E-state index in [1.807, 2.05) is 29.9 Å². The Balaban J connectivity index is 0.000001000. The van der Waals surface area contributed by atoms with Gasteiger partial charge in [0.05, 0.1) is 6.04 Å². The van der Waals surface area contributed by atoms with Gasteiger partial charge in [0, 0.05) is 18.9 Å². The van der Waals surface area contributed by atoms with Crippen molar-refractivity contribution in [2.75, 3.05) is 0 Å². The van der Waals surface area contributed by atoms with E-state index in [1.165, 1.54) is 0 Å². The molecule has 0 unspecified atom stereocenters. The molecular formula is C8H13ClN2. The zero-order valence-corrected chi connectivity index (χ0v) is 7.34. The van der Waals surface area contributed by atoms with Crippen molar-refractivity contribution >= 4 is 12.4 Å². The highest BCUT2D eigenvalue weighted by atomic mass is 35.5. The van der Waals surface area contributed by atoms with Crippen LogP contribution >= 0.6 is 12.4 Å². The van der Waals surface area contributed by atoms with Crippen LogP contribution in [0.4, 0.5) is 0 Å². The maximum atomic E-state index is 5.70. The largest absolute Gasteiger partial charge is 0.353 e. The van der Waals surface area contributed by atoms with E-state index in [4.69, 9.17) is 5.73 Å². The molecule has 0 saturated heterocycles. The van der Waals surface area contributed by atoms with Gasteiger partial charge in [-0.25, -0.2) is 0 Å². The van der Waals surface area contributed by atoms with E-state index in [0.717, 1.165) is 5.69 Å². The number of nitrogens with two attached hydrogens (primary N) is 1. The van der Waals surface area contributed by atoms with Crippen LogP contribution in [0.15, 0.2) is 31.0 Å². The average Bonchev–Trinajstić information content (AvgIpc) is 2.34. The highest BCUT2D eigenvalue weighted by Gasteiger charge is 2.02. The van der Waals surface area contributed by atoms with Crippen LogP contribution in [0.2, 0.25) is 0 Å². The monoisotopic (exact) mass is 172 g/mol.